The molecule has 3 rings (SSSR count). The van der Waals surface area contributed by atoms with Crippen LogP contribution >= 0.6 is 15.9 Å². The first kappa shape index (κ1) is 12.5. The molecule has 0 aliphatic heterocycles. The summed E-state index contributed by atoms with van der Waals surface area (Å²) in [6.45, 7) is 1.20. The van der Waals surface area contributed by atoms with Crippen LogP contribution in [-0.4, -0.2) is 19.7 Å². The summed E-state index contributed by atoms with van der Waals surface area (Å²) in [7, 11) is 1.71. The summed E-state index contributed by atoms with van der Waals surface area (Å²) in [5.74, 6) is 0.916. The minimum absolute atomic E-state index is 0.538. The fourth-order valence-electron chi connectivity index (χ4n) is 2.49. The summed E-state index contributed by atoms with van der Waals surface area (Å²) < 4.78 is 6.34. The van der Waals surface area contributed by atoms with E-state index >= 15 is 0 Å². The van der Waals surface area contributed by atoms with E-state index in [1.807, 2.05) is 0 Å². The Morgan fingerprint density at radius 3 is 2.72 bits per heavy atom. The van der Waals surface area contributed by atoms with Crippen molar-refractivity contribution in [2.75, 3.05) is 13.7 Å². The highest BCUT2D eigenvalue weighted by molar-refractivity contribution is 9.10. The molecule has 0 heterocycles. The SMILES string of the molecule is COc1ccc(CC2(CNC3CC3)CC2)cc1Br. The molecule has 0 amide bonds. The lowest BCUT2D eigenvalue weighted by atomic mass is 9.96. The molecular weight excluding hydrogens is 290 g/mol. The molecular formula is C15H20BrNO. The van der Waals surface area contributed by atoms with Crippen LogP contribution in [0.3, 0.4) is 0 Å². The van der Waals surface area contributed by atoms with Crippen molar-refractivity contribution in [3.8, 4) is 5.75 Å². The highest BCUT2D eigenvalue weighted by atomic mass is 79.9. The highest BCUT2D eigenvalue weighted by Crippen LogP contribution is 2.48. The highest BCUT2D eigenvalue weighted by Gasteiger charge is 2.43. The zero-order valence-electron chi connectivity index (χ0n) is 10.8. The number of nitrogens with one attached hydrogen (secondary N) is 1. The first-order valence-electron chi connectivity index (χ1n) is 6.77. The number of hydrogen-bond acceptors (Lipinski definition) is 2. The van der Waals surface area contributed by atoms with Gasteiger partial charge in [0, 0.05) is 12.6 Å². The number of methoxy groups -OCH3 is 1. The zero-order valence-corrected chi connectivity index (χ0v) is 12.4. The van der Waals surface area contributed by atoms with Crippen molar-refractivity contribution in [2.45, 2.75) is 38.1 Å². The number of benzene rings is 1. The van der Waals surface area contributed by atoms with Gasteiger partial charge in [-0.2, -0.15) is 0 Å². The monoisotopic (exact) mass is 309 g/mol. The second-order valence-electron chi connectivity index (χ2n) is 5.80. The van der Waals surface area contributed by atoms with Gasteiger partial charge in [-0.15, -0.1) is 0 Å². The molecule has 2 aliphatic rings. The molecule has 1 N–H and O–H groups in total. The first-order valence-corrected chi connectivity index (χ1v) is 7.56. The maximum atomic E-state index is 5.27. The molecule has 1 aromatic rings. The van der Waals surface area contributed by atoms with Crippen LogP contribution in [-0.2, 0) is 6.42 Å². The molecule has 0 radical (unpaired) electrons. The van der Waals surface area contributed by atoms with Crippen molar-refractivity contribution >= 4 is 15.9 Å². The minimum Gasteiger partial charge on any atom is -0.496 e. The maximum absolute atomic E-state index is 5.27. The Bertz CT molecular complexity index is 438. The van der Waals surface area contributed by atoms with Crippen LogP contribution in [0.25, 0.3) is 0 Å². The van der Waals surface area contributed by atoms with Gasteiger partial charge < -0.3 is 10.1 Å². The number of ether oxygens (including phenoxy) is 1. The van der Waals surface area contributed by atoms with E-state index < -0.39 is 0 Å². The third kappa shape index (κ3) is 2.89. The average Bonchev–Trinajstić information content (AvgIpc) is 3.23. The van der Waals surface area contributed by atoms with Crippen LogP contribution in [0.4, 0.5) is 0 Å². The molecule has 0 spiro atoms. The lowest BCUT2D eigenvalue weighted by molar-refractivity contribution is 0.411. The smallest absolute Gasteiger partial charge is 0.133 e. The van der Waals surface area contributed by atoms with Gasteiger partial charge in [0.05, 0.1) is 11.6 Å². The van der Waals surface area contributed by atoms with E-state index in [4.69, 9.17) is 4.74 Å². The summed E-state index contributed by atoms with van der Waals surface area (Å²) >= 11 is 3.57. The second-order valence-corrected chi connectivity index (χ2v) is 6.66. The first-order chi connectivity index (χ1) is 8.71. The predicted octanol–water partition coefficient (Wildman–Crippen LogP) is 3.53. The Balaban J connectivity index is 1.62. The van der Waals surface area contributed by atoms with E-state index in [2.05, 4.69) is 39.4 Å². The zero-order chi connectivity index (χ0) is 12.6. The van der Waals surface area contributed by atoms with Crippen molar-refractivity contribution in [1.29, 1.82) is 0 Å². The topological polar surface area (TPSA) is 21.3 Å². The van der Waals surface area contributed by atoms with Gasteiger partial charge >= 0.3 is 0 Å². The quantitative estimate of drug-likeness (QED) is 0.868. The molecule has 0 atom stereocenters. The van der Waals surface area contributed by atoms with Gasteiger partial charge in [0.25, 0.3) is 0 Å². The average molecular weight is 310 g/mol. The summed E-state index contributed by atoms with van der Waals surface area (Å²) in [4.78, 5) is 0. The number of halogens is 1. The Morgan fingerprint density at radius 2 is 2.17 bits per heavy atom. The normalized spacial score (nSPS) is 20.8. The number of hydrogen-bond donors (Lipinski definition) is 1. The number of rotatable bonds is 6. The van der Waals surface area contributed by atoms with Crippen LogP contribution in [0, 0.1) is 5.41 Å². The van der Waals surface area contributed by atoms with Crippen molar-refractivity contribution < 1.29 is 4.74 Å². The van der Waals surface area contributed by atoms with Crippen LogP contribution in [0.5, 0.6) is 5.75 Å². The fraction of sp³-hybridized carbons (Fsp3) is 0.600. The third-order valence-corrected chi connectivity index (χ3v) is 4.72. The Labute approximate surface area is 117 Å². The van der Waals surface area contributed by atoms with Crippen LogP contribution in [0.2, 0.25) is 0 Å². The lowest BCUT2D eigenvalue weighted by Gasteiger charge is -2.16. The van der Waals surface area contributed by atoms with Gasteiger partial charge in [-0.1, -0.05) is 6.07 Å². The second kappa shape index (κ2) is 4.86. The largest absolute Gasteiger partial charge is 0.496 e. The van der Waals surface area contributed by atoms with E-state index in [0.29, 0.717) is 5.41 Å². The van der Waals surface area contributed by atoms with Crippen LogP contribution < -0.4 is 10.1 Å². The van der Waals surface area contributed by atoms with E-state index in [9.17, 15) is 0 Å². The molecule has 0 bridgehead atoms. The van der Waals surface area contributed by atoms with Crippen molar-refractivity contribution in [1.82, 2.24) is 5.32 Å². The van der Waals surface area contributed by atoms with Crippen LogP contribution in [0.15, 0.2) is 22.7 Å². The van der Waals surface area contributed by atoms with Crippen LogP contribution in [0.1, 0.15) is 31.2 Å². The molecule has 2 saturated carbocycles. The molecule has 2 nitrogen and oxygen atoms in total. The summed E-state index contributed by atoms with van der Waals surface area (Å²) in [5.41, 5.74) is 1.95. The van der Waals surface area contributed by atoms with Crippen molar-refractivity contribution in [3.05, 3.63) is 28.2 Å². The molecule has 2 aliphatic carbocycles. The lowest BCUT2D eigenvalue weighted by Crippen LogP contribution is -2.27. The van der Waals surface area contributed by atoms with Gasteiger partial charge in [-0.05, 0) is 71.1 Å². The Morgan fingerprint density at radius 1 is 1.39 bits per heavy atom. The van der Waals surface area contributed by atoms with Gasteiger partial charge in [0.2, 0.25) is 0 Å². The molecule has 0 aromatic heterocycles. The molecule has 1 aromatic carbocycles. The van der Waals surface area contributed by atoms with Crippen molar-refractivity contribution in [3.63, 3.8) is 0 Å². The van der Waals surface area contributed by atoms with E-state index in [1.165, 1.54) is 44.2 Å². The summed E-state index contributed by atoms with van der Waals surface area (Å²) in [6.07, 6.45) is 6.69. The molecule has 18 heavy (non-hydrogen) atoms. The van der Waals surface area contributed by atoms with Gasteiger partial charge in [-0.25, -0.2) is 0 Å². The Hall–Kier alpha value is -0.540. The maximum Gasteiger partial charge on any atom is 0.133 e. The molecule has 98 valence electrons. The third-order valence-electron chi connectivity index (χ3n) is 4.10. The molecule has 2 fully saturated rings. The van der Waals surface area contributed by atoms with E-state index in [-0.39, 0.29) is 0 Å². The van der Waals surface area contributed by atoms with E-state index in [1.54, 1.807) is 7.11 Å². The molecule has 0 unspecified atom stereocenters. The Kier molecular flexibility index (Phi) is 3.37. The summed E-state index contributed by atoms with van der Waals surface area (Å²) in [5, 5.41) is 3.68. The molecule has 0 saturated heterocycles. The summed E-state index contributed by atoms with van der Waals surface area (Å²) in [6, 6.07) is 7.28. The van der Waals surface area contributed by atoms with Gasteiger partial charge in [0.1, 0.15) is 5.75 Å². The fourth-order valence-corrected chi connectivity index (χ4v) is 3.08. The standard InChI is InChI=1S/C15H20BrNO/c1-18-14-5-2-11(8-13(14)16)9-15(6-7-15)10-17-12-3-4-12/h2,5,8,12,17H,3-4,6-7,9-10H2,1H3. The minimum atomic E-state index is 0.538. The van der Waals surface area contributed by atoms with E-state index in [0.717, 1.165) is 16.3 Å². The van der Waals surface area contributed by atoms with Gasteiger partial charge in [-0.3, -0.25) is 0 Å². The van der Waals surface area contributed by atoms with Crippen molar-refractivity contribution in [2.24, 2.45) is 5.41 Å². The molecule has 3 heteroatoms. The predicted molar refractivity (Wildman–Crippen MR) is 77.1 cm³/mol. The van der Waals surface area contributed by atoms with Gasteiger partial charge in [0.15, 0.2) is 0 Å².